The molecule has 6 heteroatoms. The molecule has 6 nitrogen and oxygen atoms in total. The van der Waals surface area contributed by atoms with Crippen molar-refractivity contribution in [2.24, 2.45) is 11.8 Å². The first-order chi connectivity index (χ1) is 11.2. The number of nitrogens with zero attached hydrogens (tertiary/aromatic N) is 2. The van der Waals surface area contributed by atoms with E-state index in [4.69, 9.17) is 4.74 Å². The van der Waals surface area contributed by atoms with Crippen LogP contribution in [0.2, 0.25) is 0 Å². The molecule has 2 N–H and O–H groups in total. The number of hydrogen-bond acceptors (Lipinski definition) is 5. The summed E-state index contributed by atoms with van der Waals surface area (Å²) >= 11 is 0. The molecule has 1 saturated heterocycles. The Bertz CT molecular complexity index is 559. The predicted octanol–water partition coefficient (Wildman–Crippen LogP) is 3.74. The van der Waals surface area contributed by atoms with Gasteiger partial charge in [0.1, 0.15) is 5.60 Å². The number of nitrogens with one attached hydrogen (secondary N) is 2. The Hall–Kier alpha value is -1.82. The lowest BCUT2D eigenvalue weighted by molar-refractivity contribution is 0.0636. The van der Waals surface area contributed by atoms with Crippen molar-refractivity contribution in [3.8, 4) is 0 Å². The summed E-state index contributed by atoms with van der Waals surface area (Å²) in [6, 6.07) is 2.46. The number of carbonyl (C=O) groups is 1. The molecule has 0 spiro atoms. The van der Waals surface area contributed by atoms with E-state index in [1.54, 1.807) is 12.4 Å². The monoisotopic (exact) mass is 350 g/mol. The van der Waals surface area contributed by atoms with Gasteiger partial charge in [-0.25, -0.2) is 4.79 Å². The van der Waals surface area contributed by atoms with Crippen LogP contribution < -0.4 is 15.5 Å². The van der Waals surface area contributed by atoms with Crippen LogP contribution in [0.4, 0.5) is 16.2 Å². The standard InChI is InChI=1S/C18H30N4O2.CH4/c1-12-10-22(11-13(2)16(12)19-6)15-7-8-20-9-14(15)21-17(23)24-18(3,4)5;/h7-9,12-13,16,19H,10-11H2,1-6H3,(H,21,23);1H4/t12-,13+,16?;. The maximum Gasteiger partial charge on any atom is 0.412 e. The van der Waals surface area contributed by atoms with Gasteiger partial charge in [-0.05, 0) is 45.7 Å². The summed E-state index contributed by atoms with van der Waals surface area (Å²) in [4.78, 5) is 18.6. The lowest BCUT2D eigenvalue weighted by Gasteiger charge is -2.43. The molecule has 1 unspecified atom stereocenters. The fraction of sp³-hybridized carbons (Fsp3) is 0.684. The van der Waals surface area contributed by atoms with Crippen LogP contribution in [-0.2, 0) is 4.74 Å². The molecule has 1 fully saturated rings. The zero-order chi connectivity index (χ0) is 17.9. The second-order valence-electron chi connectivity index (χ2n) is 7.69. The third-order valence-corrected chi connectivity index (χ3v) is 4.35. The minimum Gasteiger partial charge on any atom is -0.444 e. The first-order valence-electron chi connectivity index (χ1n) is 8.57. The zero-order valence-electron chi connectivity index (χ0n) is 15.6. The van der Waals surface area contributed by atoms with E-state index in [2.05, 4.69) is 34.4 Å². The Balaban J connectivity index is 0.00000312. The van der Waals surface area contributed by atoms with E-state index in [0.29, 0.717) is 23.6 Å². The Morgan fingerprint density at radius 2 is 1.88 bits per heavy atom. The Kier molecular flexibility index (Phi) is 7.23. The number of aromatic nitrogens is 1. The van der Waals surface area contributed by atoms with Crippen LogP contribution in [0, 0.1) is 11.8 Å². The smallest absolute Gasteiger partial charge is 0.412 e. The van der Waals surface area contributed by atoms with Gasteiger partial charge in [-0.2, -0.15) is 0 Å². The maximum atomic E-state index is 12.1. The van der Waals surface area contributed by atoms with Crippen LogP contribution in [0.15, 0.2) is 18.5 Å². The van der Waals surface area contributed by atoms with Gasteiger partial charge < -0.3 is 15.0 Å². The molecule has 0 bridgehead atoms. The van der Waals surface area contributed by atoms with Crippen LogP contribution in [0.25, 0.3) is 0 Å². The highest BCUT2D eigenvalue weighted by molar-refractivity contribution is 5.89. The predicted molar refractivity (Wildman–Crippen MR) is 104 cm³/mol. The van der Waals surface area contributed by atoms with E-state index in [1.807, 2.05) is 33.9 Å². The fourth-order valence-electron chi connectivity index (χ4n) is 3.50. The van der Waals surface area contributed by atoms with Crippen molar-refractivity contribution < 1.29 is 9.53 Å². The highest BCUT2D eigenvalue weighted by Crippen LogP contribution is 2.31. The molecule has 25 heavy (non-hydrogen) atoms. The van der Waals surface area contributed by atoms with Gasteiger partial charge in [0.15, 0.2) is 0 Å². The fourth-order valence-corrected chi connectivity index (χ4v) is 3.50. The number of ether oxygens (including phenoxy) is 1. The molecule has 2 heterocycles. The molecule has 1 aromatic rings. The number of piperidine rings is 1. The highest BCUT2D eigenvalue weighted by atomic mass is 16.6. The molecule has 1 aromatic heterocycles. The summed E-state index contributed by atoms with van der Waals surface area (Å²) < 4.78 is 5.35. The summed E-state index contributed by atoms with van der Waals surface area (Å²) in [6.07, 6.45) is 2.98. The maximum absolute atomic E-state index is 12.1. The van der Waals surface area contributed by atoms with E-state index < -0.39 is 11.7 Å². The molecule has 0 radical (unpaired) electrons. The minimum absolute atomic E-state index is 0. The normalized spacial score (nSPS) is 23.6. The molecule has 1 aliphatic heterocycles. The molecule has 1 amide bonds. The average molecular weight is 351 g/mol. The number of rotatable bonds is 3. The quantitative estimate of drug-likeness (QED) is 0.869. The lowest BCUT2D eigenvalue weighted by Crippen LogP contribution is -2.52. The van der Waals surface area contributed by atoms with Crippen molar-refractivity contribution in [3.63, 3.8) is 0 Å². The second kappa shape index (κ2) is 8.52. The van der Waals surface area contributed by atoms with Gasteiger partial charge in [0.25, 0.3) is 0 Å². The molecule has 1 aliphatic rings. The average Bonchev–Trinajstić information content (AvgIpc) is 2.45. The molecule has 142 valence electrons. The Morgan fingerprint density at radius 3 is 2.40 bits per heavy atom. The van der Waals surface area contributed by atoms with Crippen molar-refractivity contribution in [2.75, 3.05) is 30.4 Å². The van der Waals surface area contributed by atoms with Crippen molar-refractivity contribution in [2.45, 2.75) is 53.7 Å². The van der Waals surface area contributed by atoms with Crippen molar-refractivity contribution in [1.29, 1.82) is 0 Å². The number of carbonyl (C=O) groups excluding carboxylic acids is 1. The molecule has 3 atom stereocenters. The Labute approximate surface area is 152 Å². The first-order valence-corrected chi connectivity index (χ1v) is 8.57. The van der Waals surface area contributed by atoms with Crippen LogP contribution in [0.3, 0.4) is 0 Å². The highest BCUT2D eigenvalue weighted by Gasteiger charge is 2.32. The van der Waals surface area contributed by atoms with Gasteiger partial charge in [-0.15, -0.1) is 0 Å². The molecule has 2 rings (SSSR count). The number of anilines is 2. The van der Waals surface area contributed by atoms with E-state index >= 15 is 0 Å². The zero-order valence-corrected chi connectivity index (χ0v) is 15.6. The van der Waals surface area contributed by atoms with Crippen LogP contribution in [-0.4, -0.2) is 42.9 Å². The van der Waals surface area contributed by atoms with Crippen LogP contribution in [0.1, 0.15) is 42.0 Å². The van der Waals surface area contributed by atoms with Crippen molar-refractivity contribution >= 4 is 17.5 Å². The first kappa shape index (κ1) is 21.2. The topological polar surface area (TPSA) is 66.5 Å². The van der Waals surface area contributed by atoms with E-state index in [1.165, 1.54) is 0 Å². The van der Waals surface area contributed by atoms with E-state index in [-0.39, 0.29) is 7.43 Å². The summed E-state index contributed by atoms with van der Waals surface area (Å²) in [6.45, 7) is 11.9. The molecule has 0 aromatic carbocycles. The molecular formula is C19H34N4O2. The third kappa shape index (κ3) is 5.59. The van der Waals surface area contributed by atoms with Gasteiger partial charge in [0.05, 0.1) is 17.6 Å². The van der Waals surface area contributed by atoms with Gasteiger partial charge in [0, 0.05) is 25.3 Å². The van der Waals surface area contributed by atoms with Crippen molar-refractivity contribution in [1.82, 2.24) is 10.3 Å². The summed E-state index contributed by atoms with van der Waals surface area (Å²) in [5.74, 6) is 1.03. The van der Waals surface area contributed by atoms with Crippen LogP contribution in [0.5, 0.6) is 0 Å². The largest absolute Gasteiger partial charge is 0.444 e. The number of amides is 1. The molecule has 0 aliphatic carbocycles. The summed E-state index contributed by atoms with van der Waals surface area (Å²) in [5.41, 5.74) is 1.15. The SMILES string of the molecule is C.CNC1[C@H](C)CN(c2ccncc2NC(=O)OC(C)(C)C)C[C@@H]1C. The third-order valence-electron chi connectivity index (χ3n) is 4.35. The van der Waals surface area contributed by atoms with Crippen molar-refractivity contribution in [3.05, 3.63) is 18.5 Å². The summed E-state index contributed by atoms with van der Waals surface area (Å²) in [7, 11) is 2.02. The van der Waals surface area contributed by atoms with Gasteiger partial charge >= 0.3 is 6.09 Å². The minimum atomic E-state index is -0.527. The number of pyridine rings is 1. The molecule has 0 saturated carbocycles. The van der Waals surface area contributed by atoms with Gasteiger partial charge in [-0.1, -0.05) is 21.3 Å². The van der Waals surface area contributed by atoms with Gasteiger partial charge in [0.2, 0.25) is 0 Å². The molecular weight excluding hydrogens is 316 g/mol. The Morgan fingerprint density at radius 1 is 1.28 bits per heavy atom. The van der Waals surface area contributed by atoms with E-state index in [0.717, 1.165) is 18.8 Å². The van der Waals surface area contributed by atoms with Crippen LogP contribution >= 0.6 is 0 Å². The lowest BCUT2D eigenvalue weighted by atomic mass is 9.85. The number of hydrogen-bond donors (Lipinski definition) is 2. The van der Waals surface area contributed by atoms with E-state index in [9.17, 15) is 4.79 Å². The second-order valence-corrected chi connectivity index (χ2v) is 7.69. The summed E-state index contributed by atoms with van der Waals surface area (Å²) in [5, 5.41) is 6.26. The van der Waals surface area contributed by atoms with Gasteiger partial charge in [-0.3, -0.25) is 10.3 Å².